The highest BCUT2D eigenvalue weighted by Gasteiger charge is 2.16. The largest absolute Gasteiger partial charge is 0.459 e. The molecule has 1 amide bonds. The molecule has 0 aliphatic rings. The summed E-state index contributed by atoms with van der Waals surface area (Å²) in [5.74, 6) is 1.51. The number of carbonyl (C=O) groups excluding carboxylic acids is 1. The van der Waals surface area contributed by atoms with Gasteiger partial charge in [-0.25, -0.2) is 4.98 Å². The summed E-state index contributed by atoms with van der Waals surface area (Å²) in [6, 6.07) is 17.4. The average molecular weight is 333 g/mol. The first-order valence-corrected chi connectivity index (χ1v) is 8.31. The van der Waals surface area contributed by atoms with Crippen LogP contribution in [0.4, 0.5) is 0 Å². The minimum Gasteiger partial charge on any atom is -0.459 e. The molecule has 0 aliphatic heterocycles. The van der Waals surface area contributed by atoms with Crippen molar-refractivity contribution in [1.82, 2.24) is 14.9 Å². The fraction of sp³-hybridized carbons (Fsp3) is 0.200. The number of hydrogen-bond donors (Lipinski definition) is 1. The fourth-order valence-electron chi connectivity index (χ4n) is 3.11. The number of rotatable bonds is 4. The number of aromatic nitrogens is 2. The van der Waals surface area contributed by atoms with Gasteiger partial charge in [-0.1, -0.05) is 30.3 Å². The lowest BCUT2D eigenvalue weighted by molar-refractivity contribution is -0.122. The van der Waals surface area contributed by atoms with Crippen LogP contribution in [0.5, 0.6) is 0 Å². The maximum atomic E-state index is 12.5. The van der Waals surface area contributed by atoms with E-state index < -0.39 is 0 Å². The Bertz CT molecular complexity index is 1030. The van der Waals surface area contributed by atoms with Gasteiger partial charge in [-0.3, -0.25) is 4.79 Å². The number of carbonyl (C=O) groups is 1. The van der Waals surface area contributed by atoms with Gasteiger partial charge in [0.15, 0.2) is 0 Å². The molecular weight excluding hydrogens is 314 g/mol. The van der Waals surface area contributed by atoms with Gasteiger partial charge in [0, 0.05) is 5.39 Å². The Hall–Kier alpha value is -3.08. The Labute approximate surface area is 145 Å². The van der Waals surface area contributed by atoms with Crippen LogP contribution >= 0.6 is 0 Å². The van der Waals surface area contributed by atoms with Crippen LogP contribution in [0, 0.1) is 6.92 Å². The van der Waals surface area contributed by atoms with E-state index in [2.05, 4.69) is 10.3 Å². The highest BCUT2D eigenvalue weighted by molar-refractivity contribution is 5.82. The van der Waals surface area contributed by atoms with E-state index >= 15 is 0 Å². The van der Waals surface area contributed by atoms with Gasteiger partial charge >= 0.3 is 0 Å². The normalized spacial score (nSPS) is 12.6. The summed E-state index contributed by atoms with van der Waals surface area (Å²) in [7, 11) is 0. The number of hydrogen-bond acceptors (Lipinski definition) is 3. The topological polar surface area (TPSA) is 60.1 Å². The molecule has 5 heteroatoms. The summed E-state index contributed by atoms with van der Waals surface area (Å²) in [5, 5.41) is 4.04. The molecule has 25 heavy (non-hydrogen) atoms. The van der Waals surface area contributed by atoms with Crippen molar-refractivity contribution in [3.63, 3.8) is 0 Å². The van der Waals surface area contributed by atoms with Gasteiger partial charge in [0.05, 0.1) is 17.1 Å². The maximum absolute atomic E-state index is 12.5. The number of nitrogens with one attached hydrogen (secondary N) is 1. The number of nitrogens with zero attached hydrogens (tertiary/aromatic N) is 2. The van der Waals surface area contributed by atoms with Crippen molar-refractivity contribution in [3.8, 4) is 0 Å². The number of fused-ring (bicyclic) bond motifs is 2. The van der Waals surface area contributed by atoms with Gasteiger partial charge in [0.25, 0.3) is 0 Å². The van der Waals surface area contributed by atoms with Crippen LogP contribution in [0.1, 0.15) is 24.6 Å². The third kappa shape index (κ3) is 2.89. The lowest BCUT2D eigenvalue weighted by Crippen LogP contribution is -2.30. The second-order valence-electron chi connectivity index (χ2n) is 6.21. The average Bonchev–Trinajstić information content (AvgIpc) is 3.16. The van der Waals surface area contributed by atoms with E-state index in [1.807, 2.05) is 73.0 Å². The van der Waals surface area contributed by atoms with Gasteiger partial charge in [-0.05, 0) is 38.1 Å². The summed E-state index contributed by atoms with van der Waals surface area (Å²) >= 11 is 0. The van der Waals surface area contributed by atoms with Crippen LogP contribution in [0.2, 0.25) is 0 Å². The molecule has 0 unspecified atom stereocenters. The van der Waals surface area contributed by atoms with Crippen LogP contribution in [0.25, 0.3) is 22.0 Å². The minimum atomic E-state index is -0.199. The highest BCUT2D eigenvalue weighted by Crippen LogP contribution is 2.23. The Morgan fingerprint density at radius 2 is 1.96 bits per heavy atom. The van der Waals surface area contributed by atoms with E-state index in [1.165, 1.54) is 0 Å². The van der Waals surface area contributed by atoms with Gasteiger partial charge in [-0.15, -0.1) is 0 Å². The number of furan rings is 1. The zero-order chi connectivity index (χ0) is 17.4. The second kappa shape index (κ2) is 6.09. The summed E-state index contributed by atoms with van der Waals surface area (Å²) in [6.45, 7) is 4.07. The lowest BCUT2D eigenvalue weighted by Gasteiger charge is -2.13. The molecule has 2 aromatic carbocycles. The van der Waals surface area contributed by atoms with E-state index in [-0.39, 0.29) is 18.5 Å². The van der Waals surface area contributed by atoms with Crippen LogP contribution in [-0.4, -0.2) is 15.5 Å². The van der Waals surface area contributed by atoms with Crippen molar-refractivity contribution in [2.45, 2.75) is 26.4 Å². The molecule has 5 nitrogen and oxygen atoms in total. The molecule has 0 fully saturated rings. The van der Waals surface area contributed by atoms with Crippen molar-refractivity contribution < 1.29 is 9.21 Å². The number of amides is 1. The lowest BCUT2D eigenvalue weighted by atomic mass is 10.2. The number of aryl methyl sites for hydroxylation is 1. The number of imidazole rings is 1. The zero-order valence-electron chi connectivity index (χ0n) is 14.2. The van der Waals surface area contributed by atoms with Crippen LogP contribution < -0.4 is 5.32 Å². The third-order valence-electron chi connectivity index (χ3n) is 4.40. The number of benzene rings is 2. The van der Waals surface area contributed by atoms with Crippen LogP contribution in [0.15, 0.2) is 59.0 Å². The summed E-state index contributed by atoms with van der Waals surface area (Å²) in [6.07, 6.45) is 0. The van der Waals surface area contributed by atoms with Crippen molar-refractivity contribution in [2.24, 2.45) is 0 Å². The van der Waals surface area contributed by atoms with Crippen molar-refractivity contribution in [3.05, 3.63) is 66.2 Å². The SMILES string of the molecule is Cc1nc2ccccc2n1CC(=O)N[C@@H](C)c1cc2ccccc2o1. The second-order valence-corrected chi connectivity index (χ2v) is 6.21. The Kier molecular flexibility index (Phi) is 3.76. The molecule has 0 saturated carbocycles. The van der Waals surface area contributed by atoms with Gasteiger partial charge < -0.3 is 14.3 Å². The molecule has 0 radical (unpaired) electrons. The molecule has 0 saturated heterocycles. The van der Waals surface area contributed by atoms with Gasteiger partial charge in [0.2, 0.25) is 5.91 Å². The minimum absolute atomic E-state index is 0.0702. The van der Waals surface area contributed by atoms with Gasteiger partial charge in [0.1, 0.15) is 23.7 Å². The standard InChI is InChI=1S/C20H19N3O2/c1-13(19-11-15-7-3-6-10-18(15)25-19)21-20(24)12-23-14(2)22-16-8-4-5-9-17(16)23/h3-11,13H,12H2,1-2H3,(H,21,24)/t13-/m0/s1. The van der Waals surface area contributed by atoms with E-state index in [0.717, 1.165) is 33.6 Å². The molecule has 2 aromatic heterocycles. The first-order chi connectivity index (χ1) is 12.1. The molecule has 4 rings (SSSR count). The summed E-state index contributed by atoms with van der Waals surface area (Å²) < 4.78 is 7.75. The highest BCUT2D eigenvalue weighted by atomic mass is 16.3. The predicted octanol–water partition coefficient (Wildman–Crippen LogP) is 3.97. The molecule has 0 aliphatic carbocycles. The maximum Gasteiger partial charge on any atom is 0.240 e. The van der Waals surface area contributed by atoms with Crippen molar-refractivity contribution >= 4 is 27.9 Å². The summed E-state index contributed by atoms with van der Waals surface area (Å²) in [4.78, 5) is 17.0. The summed E-state index contributed by atoms with van der Waals surface area (Å²) in [5.41, 5.74) is 2.69. The quantitative estimate of drug-likeness (QED) is 0.615. The molecule has 126 valence electrons. The van der Waals surface area contributed by atoms with Crippen molar-refractivity contribution in [2.75, 3.05) is 0 Å². The molecule has 0 bridgehead atoms. The van der Waals surface area contributed by atoms with E-state index in [4.69, 9.17) is 4.42 Å². The number of para-hydroxylation sites is 3. The fourth-order valence-corrected chi connectivity index (χ4v) is 3.11. The Morgan fingerprint density at radius 1 is 1.20 bits per heavy atom. The first kappa shape index (κ1) is 15.4. The molecule has 1 atom stereocenters. The third-order valence-corrected chi connectivity index (χ3v) is 4.40. The van der Waals surface area contributed by atoms with Gasteiger partial charge in [-0.2, -0.15) is 0 Å². The van der Waals surface area contributed by atoms with Crippen LogP contribution in [0.3, 0.4) is 0 Å². The van der Waals surface area contributed by atoms with Crippen molar-refractivity contribution in [1.29, 1.82) is 0 Å². The smallest absolute Gasteiger partial charge is 0.240 e. The molecule has 1 N–H and O–H groups in total. The first-order valence-electron chi connectivity index (χ1n) is 8.31. The molecule has 0 spiro atoms. The van der Waals surface area contributed by atoms with E-state index in [1.54, 1.807) is 0 Å². The Morgan fingerprint density at radius 3 is 2.80 bits per heavy atom. The predicted molar refractivity (Wildman–Crippen MR) is 97.2 cm³/mol. The molecule has 2 heterocycles. The van der Waals surface area contributed by atoms with E-state index in [9.17, 15) is 4.79 Å². The Balaban J connectivity index is 1.52. The van der Waals surface area contributed by atoms with E-state index in [0.29, 0.717) is 0 Å². The zero-order valence-corrected chi connectivity index (χ0v) is 14.2. The molecule has 4 aromatic rings. The monoisotopic (exact) mass is 333 g/mol. The molecular formula is C20H19N3O2. The van der Waals surface area contributed by atoms with Crippen LogP contribution in [-0.2, 0) is 11.3 Å².